The summed E-state index contributed by atoms with van der Waals surface area (Å²) in [6.45, 7) is 12.7. The molecule has 0 unspecified atom stereocenters. The molecular weight excluding hydrogens is 224 g/mol. The second-order valence-electron chi connectivity index (χ2n) is 3.21. The number of allylic oxidation sites excluding steroid dienone is 1. The summed E-state index contributed by atoms with van der Waals surface area (Å²) < 4.78 is 4.88. The van der Waals surface area contributed by atoms with Crippen molar-refractivity contribution in [3.05, 3.63) is 48.0 Å². The van der Waals surface area contributed by atoms with E-state index < -0.39 is 0 Å². The summed E-state index contributed by atoms with van der Waals surface area (Å²) in [7, 11) is 0. The third-order valence-corrected chi connectivity index (χ3v) is 1.64. The Bertz CT molecular complexity index is 384. The molecule has 0 fully saturated rings. The van der Waals surface area contributed by atoms with Gasteiger partial charge in [-0.15, -0.1) is 6.58 Å². The summed E-state index contributed by atoms with van der Waals surface area (Å²) in [5.74, 6) is 0.0684. The number of rotatable bonds is 1. The predicted molar refractivity (Wildman–Crippen MR) is 79.7 cm³/mol. The molecule has 3 heteroatoms. The molecule has 0 saturated carbocycles. The van der Waals surface area contributed by atoms with Crippen molar-refractivity contribution in [2.75, 3.05) is 0 Å². The number of benzene rings is 1. The van der Waals surface area contributed by atoms with E-state index in [-0.39, 0.29) is 11.8 Å². The highest BCUT2D eigenvalue weighted by Crippen LogP contribution is 2.08. The molecule has 1 rings (SSSR count). The summed E-state index contributed by atoms with van der Waals surface area (Å²) in [5.41, 5.74) is 1.71. The normalized spacial score (nSPS) is 7.83. The van der Waals surface area contributed by atoms with Crippen molar-refractivity contribution >= 4 is 11.8 Å². The maximum absolute atomic E-state index is 7.54. The number of hydrogen-bond acceptors (Lipinski definition) is 3. The van der Waals surface area contributed by atoms with Gasteiger partial charge < -0.3 is 4.74 Å². The first-order chi connectivity index (χ1) is 8.52. The molecule has 0 aliphatic carbocycles. The van der Waals surface area contributed by atoms with E-state index >= 15 is 0 Å². The molecule has 1 aromatic carbocycles. The van der Waals surface area contributed by atoms with Crippen LogP contribution < -0.4 is 0 Å². The van der Waals surface area contributed by atoms with Crippen LogP contribution in [0.25, 0.3) is 0 Å². The van der Waals surface area contributed by atoms with E-state index in [1.807, 2.05) is 45.9 Å². The van der Waals surface area contributed by atoms with Gasteiger partial charge in [0.1, 0.15) is 0 Å². The van der Waals surface area contributed by atoms with Crippen molar-refractivity contribution in [1.82, 2.24) is 0 Å². The summed E-state index contributed by atoms with van der Waals surface area (Å²) in [6.07, 6.45) is 1.75. The zero-order valence-electron chi connectivity index (χ0n) is 12.0. The zero-order valence-corrected chi connectivity index (χ0v) is 12.0. The van der Waals surface area contributed by atoms with E-state index in [1.54, 1.807) is 12.1 Å². The van der Waals surface area contributed by atoms with Crippen LogP contribution in [0.5, 0.6) is 0 Å². The second-order valence-corrected chi connectivity index (χ2v) is 3.21. The SMILES string of the molecule is C=CC.CC.CC(=N)OC(=N)c1ccccc1C. The number of hydrogen-bond donors (Lipinski definition) is 2. The van der Waals surface area contributed by atoms with Gasteiger partial charge in [-0.1, -0.05) is 38.1 Å². The topological polar surface area (TPSA) is 56.9 Å². The van der Waals surface area contributed by atoms with E-state index in [0.717, 1.165) is 11.1 Å². The van der Waals surface area contributed by atoms with Crippen molar-refractivity contribution in [2.24, 2.45) is 0 Å². The average molecular weight is 248 g/mol. The fraction of sp³-hybridized carbons (Fsp3) is 0.333. The van der Waals surface area contributed by atoms with Gasteiger partial charge in [-0.25, -0.2) is 0 Å². The van der Waals surface area contributed by atoms with Crippen LogP contribution in [0.15, 0.2) is 36.9 Å². The zero-order chi connectivity index (χ0) is 14.6. The van der Waals surface area contributed by atoms with Crippen LogP contribution in [-0.2, 0) is 4.74 Å². The molecule has 0 bridgehead atoms. The standard InChI is InChI=1S/C10H12N2O.C3H6.C2H6/c1-7-5-3-4-6-9(7)10(12)13-8(2)11;1-3-2;1-2/h3-6,11-12H,1-2H3;3H,1H2,2H3;1-2H3. The second kappa shape index (κ2) is 11.6. The molecule has 3 nitrogen and oxygen atoms in total. The summed E-state index contributed by atoms with van der Waals surface area (Å²) in [6, 6.07) is 7.47. The van der Waals surface area contributed by atoms with Gasteiger partial charge in [0, 0.05) is 12.5 Å². The molecule has 0 spiro atoms. The van der Waals surface area contributed by atoms with E-state index in [4.69, 9.17) is 15.6 Å². The maximum Gasteiger partial charge on any atom is 0.221 e. The fourth-order valence-electron chi connectivity index (χ4n) is 1.04. The van der Waals surface area contributed by atoms with Gasteiger partial charge in [0.2, 0.25) is 5.90 Å². The third-order valence-electron chi connectivity index (χ3n) is 1.64. The molecule has 0 aliphatic rings. The van der Waals surface area contributed by atoms with Gasteiger partial charge in [-0.2, -0.15) is 0 Å². The highest BCUT2D eigenvalue weighted by atomic mass is 16.5. The summed E-state index contributed by atoms with van der Waals surface area (Å²) >= 11 is 0. The highest BCUT2D eigenvalue weighted by molar-refractivity contribution is 5.99. The van der Waals surface area contributed by atoms with Crippen LogP contribution in [0.3, 0.4) is 0 Å². The quantitative estimate of drug-likeness (QED) is 0.427. The molecule has 0 aliphatic heterocycles. The van der Waals surface area contributed by atoms with E-state index in [0.29, 0.717) is 0 Å². The first-order valence-corrected chi connectivity index (χ1v) is 5.97. The van der Waals surface area contributed by atoms with Gasteiger partial charge in [0.15, 0.2) is 5.90 Å². The molecule has 2 N–H and O–H groups in total. The molecule has 0 amide bonds. The van der Waals surface area contributed by atoms with Crippen LogP contribution in [0.1, 0.15) is 38.8 Å². The molecule has 0 aromatic heterocycles. The van der Waals surface area contributed by atoms with Crippen LogP contribution in [0.4, 0.5) is 0 Å². The van der Waals surface area contributed by atoms with Gasteiger partial charge >= 0.3 is 0 Å². The molecule has 0 saturated heterocycles. The van der Waals surface area contributed by atoms with Gasteiger partial charge in [-0.3, -0.25) is 10.8 Å². The minimum absolute atomic E-state index is 0.0330. The third kappa shape index (κ3) is 8.28. The van der Waals surface area contributed by atoms with Crippen molar-refractivity contribution in [2.45, 2.75) is 34.6 Å². The van der Waals surface area contributed by atoms with Crippen LogP contribution in [0.2, 0.25) is 0 Å². The van der Waals surface area contributed by atoms with E-state index in [2.05, 4.69) is 6.58 Å². The first-order valence-electron chi connectivity index (χ1n) is 5.97. The van der Waals surface area contributed by atoms with E-state index in [9.17, 15) is 0 Å². The molecule has 100 valence electrons. The highest BCUT2D eigenvalue weighted by Gasteiger charge is 2.05. The lowest BCUT2D eigenvalue weighted by molar-refractivity contribution is 0.531. The lowest BCUT2D eigenvalue weighted by Gasteiger charge is -2.06. The monoisotopic (exact) mass is 248 g/mol. The van der Waals surface area contributed by atoms with Gasteiger partial charge in [-0.05, 0) is 25.5 Å². The van der Waals surface area contributed by atoms with Gasteiger partial charge in [0.25, 0.3) is 0 Å². The lowest BCUT2D eigenvalue weighted by Crippen LogP contribution is -2.09. The molecular formula is C15H24N2O. The Hall–Kier alpha value is -1.90. The Labute approximate surface area is 111 Å². The molecule has 0 radical (unpaired) electrons. The van der Waals surface area contributed by atoms with E-state index in [1.165, 1.54) is 6.92 Å². The lowest BCUT2D eigenvalue weighted by atomic mass is 10.1. The fourth-order valence-corrected chi connectivity index (χ4v) is 1.04. The molecule has 18 heavy (non-hydrogen) atoms. The maximum atomic E-state index is 7.54. The Balaban J connectivity index is 0. The Morgan fingerprint density at radius 1 is 1.22 bits per heavy atom. The Morgan fingerprint density at radius 3 is 2.06 bits per heavy atom. The number of ether oxygens (including phenoxy) is 1. The summed E-state index contributed by atoms with van der Waals surface area (Å²) in [5, 5.41) is 14.6. The predicted octanol–water partition coefficient (Wildman–Crippen LogP) is 4.55. The average Bonchev–Trinajstić information content (AvgIpc) is 2.32. The van der Waals surface area contributed by atoms with Crippen molar-refractivity contribution in [1.29, 1.82) is 10.8 Å². The first kappa shape index (κ1) is 18.5. The largest absolute Gasteiger partial charge is 0.426 e. The van der Waals surface area contributed by atoms with Crippen molar-refractivity contribution in [3.63, 3.8) is 0 Å². The molecule has 0 heterocycles. The minimum Gasteiger partial charge on any atom is -0.426 e. The molecule has 0 atom stereocenters. The number of aryl methyl sites for hydroxylation is 1. The van der Waals surface area contributed by atoms with Crippen molar-refractivity contribution in [3.8, 4) is 0 Å². The molecule has 1 aromatic rings. The van der Waals surface area contributed by atoms with Gasteiger partial charge in [0.05, 0.1) is 0 Å². The minimum atomic E-state index is 0.0330. The Kier molecular flexibility index (Phi) is 11.9. The smallest absolute Gasteiger partial charge is 0.221 e. The van der Waals surface area contributed by atoms with Crippen LogP contribution in [0, 0.1) is 17.7 Å². The van der Waals surface area contributed by atoms with Crippen LogP contribution >= 0.6 is 0 Å². The van der Waals surface area contributed by atoms with Crippen molar-refractivity contribution < 1.29 is 4.74 Å². The summed E-state index contributed by atoms with van der Waals surface area (Å²) in [4.78, 5) is 0. The number of nitrogens with one attached hydrogen (secondary N) is 2. The van der Waals surface area contributed by atoms with Crippen LogP contribution in [-0.4, -0.2) is 11.8 Å². The Morgan fingerprint density at radius 2 is 1.67 bits per heavy atom.